The SMILES string of the molecule is Cc1cc(F)c([N+](=O)[O-])cc1S(=O)(=O)N1CC(O)C(O)C1. The summed E-state index contributed by atoms with van der Waals surface area (Å²) in [7, 11) is -4.17. The Morgan fingerprint density at radius 1 is 1.33 bits per heavy atom. The minimum absolute atomic E-state index is 0.00831. The number of aliphatic hydroxyl groups excluding tert-OH is 2. The molecule has 2 atom stereocenters. The van der Waals surface area contributed by atoms with E-state index in [2.05, 4.69) is 0 Å². The van der Waals surface area contributed by atoms with Gasteiger partial charge in [-0.1, -0.05) is 0 Å². The summed E-state index contributed by atoms with van der Waals surface area (Å²) >= 11 is 0. The summed E-state index contributed by atoms with van der Waals surface area (Å²) in [6.07, 6.45) is -2.45. The number of hydrogen-bond donors (Lipinski definition) is 2. The van der Waals surface area contributed by atoms with Crippen molar-refractivity contribution in [2.24, 2.45) is 0 Å². The van der Waals surface area contributed by atoms with Gasteiger partial charge in [0.1, 0.15) is 0 Å². The quantitative estimate of drug-likeness (QED) is 0.586. The topological polar surface area (TPSA) is 121 Å². The van der Waals surface area contributed by atoms with E-state index >= 15 is 0 Å². The maximum Gasteiger partial charge on any atom is 0.306 e. The van der Waals surface area contributed by atoms with Crippen LogP contribution < -0.4 is 0 Å². The normalized spacial score (nSPS) is 23.4. The molecule has 1 heterocycles. The highest BCUT2D eigenvalue weighted by atomic mass is 32.2. The van der Waals surface area contributed by atoms with Crippen molar-refractivity contribution in [3.05, 3.63) is 33.6 Å². The lowest BCUT2D eigenvalue weighted by atomic mass is 10.2. The van der Waals surface area contributed by atoms with Gasteiger partial charge in [-0.2, -0.15) is 8.70 Å². The van der Waals surface area contributed by atoms with Gasteiger partial charge in [0.2, 0.25) is 15.8 Å². The molecule has 2 N–H and O–H groups in total. The van der Waals surface area contributed by atoms with E-state index in [1.165, 1.54) is 6.92 Å². The third kappa shape index (κ3) is 2.75. The van der Waals surface area contributed by atoms with Crippen LogP contribution in [0.3, 0.4) is 0 Å². The Kier molecular flexibility index (Phi) is 3.97. The van der Waals surface area contributed by atoms with Crippen LogP contribution in [-0.2, 0) is 10.0 Å². The van der Waals surface area contributed by atoms with E-state index in [-0.39, 0.29) is 18.7 Å². The van der Waals surface area contributed by atoms with E-state index in [1.54, 1.807) is 0 Å². The molecule has 1 aliphatic rings. The lowest BCUT2D eigenvalue weighted by Crippen LogP contribution is -2.30. The van der Waals surface area contributed by atoms with E-state index in [9.17, 15) is 33.1 Å². The third-order valence-corrected chi connectivity index (χ3v) is 5.26. The van der Waals surface area contributed by atoms with Gasteiger partial charge in [-0.15, -0.1) is 0 Å². The summed E-state index contributed by atoms with van der Waals surface area (Å²) in [6, 6.07) is 1.42. The summed E-state index contributed by atoms with van der Waals surface area (Å²) in [4.78, 5) is 9.28. The molecule has 2 rings (SSSR count). The average Bonchev–Trinajstić information content (AvgIpc) is 2.69. The highest BCUT2D eigenvalue weighted by molar-refractivity contribution is 7.89. The molecule has 1 fully saturated rings. The Balaban J connectivity index is 2.50. The van der Waals surface area contributed by atoms with Gasteiger partial charge >= 0.3 is 5.69 Å². The summed E-state index contributed by atoms with van der Waals surface area (Å²) in [5.41, 5.74) is -0.937. The second kappa shape index (κ2) is 5.30. The number of benzene rings is 1. The van der Waals surface area contributed by atoms with E-state index < -0.39 is 43.6 Å². The number of sulfonamides is 1. The first kappa shape index (κ1) is 15.8. The fraction of sp³-hybridized carbons (Fsp3) is 0.455. The van der Waals surface area contributed by atoms with Gasteiger partial charge in [0, 0.05) is 19.2 Å². The number of aliphatic hydroxyl groups is 2. The van der Waals surface area contributed by atoms with Gasteiger partial charge in [0.25, 0.3) is 0 Å². The number of halogens is 1. The monoisotopic (exact) mass is 320 g/mol. The largest absolute Gasteiger partial charge is 0.389 e. The van der Waals surface area contributed by atoms with Crippen LogP contribution in [0, 0.1) is 22.9 Å². The van der Waals surface area contributed by atoms with Crippen molar-refractivity contribution in [2.45, 2.75) is 24.0 Å². The van der Waals surface area contributed by atoms with Gasteiger partial charge in [-0.3, -0.25) is 10.1 Å². The molecule has 116 valence electrons. The lowest BCUT2D eigenvalue weighted by molar-refractivity contribution is -0.387. The zero-order valence-corrected chi connectivity index (χ0v) is 11.7. The molecule has 0 radical (unpaired) electrons. The van der Waals surface area contributed by atoms with Crippen molar-refractivity contribution >= 4 is 15.7 Å². The summed E-state index contributed by atoms with van der Waals surface area (Å²) in [5.74, 6) is -1.13. The van der Waals surface area contributed by atoms with Crippen LogP contribution in [0.25, 0.3) is 0 Å². The smallest absolute Gasteiger partial charge is 0.306 e. The molecule has 1 saturated heterocycles. The molecule has 10 heteroatoms. The van der Waals surface area contributed by atoms with Crippen molar-refractivity contribution in [1.82, 2.24) is 4.31 Å². The molecule has 1 aliphatic heterocycles. The molecule has 1 aromatic carbocycles. The van der Waals surface area contributed by atoms with Crippen molar-refractivity contribution in [2.75, 3.05) is 13.1 Å². The van der Waals surface area contributed by atoms with Crippen molar-refractivity contribution in [3.8, 4) is 0 Å². The Morgan fingerprint density at radius 2 is 1.86 bits per heavy atom. The molecule has 0 aliphatic carbocycles. The van der Waals surface area contributed by atoms with Gasteiger partial charge in [0.05, 0.1) is 22.0 Å². The summed E-state index contributed by atoms with van der Waals surface area (Å²) in [5, 5.41) is 29.5. The number of nitro benzene ring substituents is 1. The molecule has 21 heavy (non-hydrogen) atoms. The Labute approximate surface area is 119 Å². The maximum atomic E-state index is 13.4. The first-order chi connectivity index (χ1) is 9.64. The van der Waals surface area contributed by atoms with Crippen LogP contribution in [0.15, 0.2) is 17.0 Å². The molecule has 0 aromatic heterocycles. The van der Waals surface area contributed by atoms with Gasteiger partial charge < -0.3 is 10.2 Å². The predicted octanol–water partition coefficient (Wildman–Crippen LogP) is -0.232. The maximum absolute atomic E-state index is 13.4. The number of hydrogen-bond acceptors (Lipinski definition) is 6. The molecular formula is C11H13FN2O6S. The molecule has 8 nitrogen and oxygen atoms in total. The lowest BCUT2D eigenvalue weighted by Gasteiger charge is -2.17. The predicted molar refractivity (Wildman–Crippen MR) is 68.6 cm³/mol. The molecule has 0 bridgehead atoms. The number of rotatable bonds is 3. The van der Waals surface area contributed by atoms with E-state index in [0.29, 0.717) is 6.07 Å². The second-order valence-corrected chi connectivity index (χ2v) is 6.69. The number of aryl methyl sites for hydroxylation is 1. The Morgan fingerprint density at radius 3 is 2.33 bits per heavy atom. The standard InChI is InChI=1S/C11H13FN2O6S/c1-6-2-7(12)8(14(17)18)3-11(6)21(19,20)13-4-9(15)10(16)5-13/h2-3,9-10,15-16H,4-5H2,1H3. The molecule has 0 amide bonds. The molecular weight excluding hydrogens is 307 g/mol. The average molecular weight is 320 g/mol. The Bertz CT molecular complexity index is 682. The number of β-amino-alcohol motifs (C(OH)–C–C–N with tert-alkyl or cyclic N) is 2. The highest BCUT2D eigenvalue weighted by Gasteiger charge is 2.39. The minimum Gasteiger partial charge on any atom is -0.389 e. The van der Waals surface area contributed by atoms with Crippen LogP contribution in [0.2, 0.25) is 0 Å². The Hall–Kier alpha value is -1.62. The molecule has 0 spiro atoms. The van der Waals surface area contributed by atoms with E-state index in [0.717, 1.165) is 10.4 Å². The minimum atomic E-state index is -4.17. The number of nitrogens with zero attached hydrogens (tertiary/aromatic N) is 2. The number of nitro groups is 1. The van der Waals surface area contributed by atoms with Crippen LogP contribution in [0.1, 0.15) is 5.56 Å². The molecule has 0 saturated carbocycles. The highest BCUT2D eigenvalue weighted by Crippen LogP contribution is 2.29. The first-order valence-corrected chi connectivity index (χ1v) is 7.39. The van der Waals surface area contributed by atoms with Crippen LogP contribution in [0.5, 0.6) is 0 Å². The van der Waals surface area contributed by atoms with Gasteiger partial charge in [0.15, 0.2) is 0 Å². The van der Waals surface area contributed by atoms with Crippen LogP contribution >= 0.6 is 0 Å². The van der Waals surface area contributed by atoms with Crippen molar-refractivity contribution in [3.63, 3.8) is 0 Å². The van der Waals surface area contributed by atoms with E-state index in [1.807, 2.05) is 0 Å². The van der Waals surface area contributed by atoms with Gasteiger partial charge in [-0.05, 0) is 18.6 Å². The molecule has 2 unspecified atom stereocenters. The first-order valence-electron chi connectivity index (χ1n) is 5.95. The van der Waals surface area contributed by atoms with Crippen molar-refractivity contribution < 1.29 is 27.9 Å². The third-order valence-electron chi connectivity index (χ3n) is 3.28. The van der Waals surface area contributed by atoms with Crippen LogP contribution in [-0.4, -0.2) is 53.2 Å². The zero-order valence-electron chi connectivity index (χ0n) is 10.9. The fourth-order valence-electron chi connectivity index (χ4n) is 2.13. The van der Waals surface area contributed by atoms with Gasteiger partial charge in [-0.25, -0.2) is 8.42 Å². The molecule has 1 aromatic rings. The van der Waals surface area contributed by atoms with Crippen LogP contribution in [0.4, 0.5) is 10.1 Å². The fourth-order valence-corrected chi connectivity index (χ4v) is 3.83. The van der Waals surface area contributed by atoms with E-state index in [4.69, 9.17) is 0 Å². The second-order valence-electron chi connectivity index (χ2n) is 4.78. The summed E-state index contributed by atoms with van der Waals surface area (Å²) < 4.78 is 39.0. The summed E-state index contributed by atoms with van der Waals surface area (Å²) in [6.45, 7) is 0.658. The zero-order chi connectivity index (χ0) is 15.9. The van der Waals surface area contributed by atoms with Crippen molar-refractivity contribution in [1.29, 1.82) is 0 Å².